The fourth-order valence-corrected chi connectivity index (χ4v) is 3.00. The Morgan fingerprint density at radius 1 is 1.24 bits per heavy atom. The molecule has 1 saturated heterocycles. The lowest BCUT2D eigenvalue weighted by Gasteiger charge is -2.28. The summed E-state index contributed by atoms with van der Waals surface area (Å²) in [6.45, 7) is 2.02. The summed E-state index contributed by atoms with van der Waals surface area (Å²) in [5.74, 6) is 1.75. The second-order valence-electron chi connectivity index (χ2n) is 5.64. The zero-order chi connectivity index (χ0) is 14.3. The number of aromatic nitrogens is 2. The highest BCUT2D eigenvalue weighted by atomic mass is 16.5. The highest BCUT2D eigenvalue weighted by molar-refractivity contribution is 5.42. The first-order valence-electron chi connectivity index (χ1n) is 7.25. The molecule has 0 radical (unpaired) electrons. The number of hydrogen-bond acceptors (Lipinski definition) is 6. The maximum atomic E-state index is 10.6. The maximum Gasteiger partial charge on any atom is 0.258 e. The van der Waals surface area contributed by atoms with Gasteiger partial charge >= 0.3 is 0 Å². The van der Waals surface area contributed by atoms with Crippen molar-refractivity contribution in [3.05, 3.63) is 41.5 Å². The molecule has 0 amide bonds. The largest absolute Gasteiger partial charge is 0.492 e. The Morgan fingerprint density at radius 2 is 2.05 bits per heavy atom. The Morgan fingerprint density at radius 3 is 2.90 bits per heavy atom. The number of hydrogen-bond donors (Lipinski definition) is 2. The third-order valence-electron chi connectivity index (χ3n) is 4.28. The van der Waals surface area contributed by atoms with Gasteiger partial charge in [-0.2, -0.15) is 4.98 Å². The number of fused-ring (bicyclic) bond motifs is 1. The van der Waals surface area contributed by atoms with Crippen molar-refractivity contribution in [1.29, 1.82) is 0 Å². The second kappa shape index (κ2) is 4.82. The minimum atomic E-state index is -1.00. The van der Waals surface area contributed by atoms with E-state index in [4.69, 9.17) is 9.26 Å². The van der Waals surface area contributed by atoms with Crippen LogP contribution in [0, 0.1) is 0 Å². The summed E-state index contributed by atoms with van der Waals surface area (Å²) >= 11 is 0. The summed E-state index contributed by atoms with van der Waals surface area (Å²) in [5, 5.41) is 17.9. The molecule has 2 aliphatic rings. The number of piperidine rings is 1. The lowest BCUT2D eigenvalue weighted by molar-refractivity contribution is -0.0228. The van der Waals surface area contributed by atoms with Crippen molar-refractivity contribution in [2.75, 3.05) is 19.7 Å². The molecule has 1 aromatic carbocycles. The van der Waals surface area contributed by atoms with E-state index in [1.807, 2.05) is 24.3 Å². The molecule has 0 aliphatic carbocycles. The van der Waals surface area contributed by atoms with E-state index in [0.717, 1.165) is 24.4 Å². The van der Waals surface area contributed by atoms with Crippen LogP contribution in [-0.2, 0) is 5.60 Å². The van der Waals surface area contributed by atoms with Gasteiger partial charge in [0.1, 0.15) is 18.0 Å². The Bertz CT molecular complexity index is 649. The van der Waals surface area contributed by atoms with Gasteiger partial charge < -0.3 is 19.7 Å². The molecule has 6 nitrogen and oxygen atoms in total. The molecule has 2 aliphatic heterocycles. The predicted octanol–water partition coefficient (Wildman–Crippen LogP) is 1.16. The fourth-order valence-electron chi connectivity index (χ4n) is 3.00. The summed E-state index contributed by atoms with van der Waals surface area (Å²) in [6, 6.07) is 7.88. The van der Waals surface area contributed by atoms with Crippen molar-refractivity contribution in [1.82, 2.24) is 15.5 Å². The smallest absolute Gasteiger partial charge is 0.258 e. The molecule has 1 atom stereocenters. The number of rotatable bonds is 2. The summed E-state index contributed by atoms with van der Waals surface area (Å²) < 4.78 is 11.0. The van der Waals surface area contributed by atoms with Crippen LogP contribution in [0.4, 0.5) is 0 Å². The number of nitrogens with one attached hydrogen (secondary N) is 1. The monoisotopic (exact) mass is 287 g/mol. The third-order valence-corrected chi connectivity index (χ3v) is 4.28. The van der Waals surface area contributed by atoms with Crippen LogP contribution in [0.25, 0.3) is 0 Å². The molecule has 21 heavy (non-hydrogen) atoms. The van der Waals surface area contributed by atoms with E-state index in [-0.39, 0.29) is 5.92 Å². The number of benzene rings is 1. The minimum absolute atomic E-state index is 0.0241. The number of para-hydroxylation sites is 1. The minimum Gasteiger partial charge on any atom is -0.492 e. The molecular formula is C15H17N3O3. The van der Waals surface area contributed by atoms with Crippen LogP contribution >= 0.6 is 0 Å². The lowest BCUT2D eigenvalue weighted by atomic mass is 9.92. The van der Waals surface area contributed by atoms with Crippen LogP contribution < -0.4 is 10.1 Å². The van der Waals surface area contributed by atoms with Crippen molar-refractivity contribution in [2.24, 2.45) is 0 Å². The predicted molar refractivity (Wildman–Crippen MR) is 74.1 cm³/mol. The molecule has 4 rings (SSSR count). The Balaban J connectivity index is 1.64. The van der Waals surface area contributed by atoms with Crippen molar-refractivity contribution in [3.8, 4) is 5.75 Å². The zero-order valence-electron chi connectivity index (χ0n) is 11.6. The van der Waals surface area contributed by atoms with Gasteiger partial charge in [-0.15, -0.1) is 0 Å². The molecule has 1 fully saturated rings. The summed E-state index contributed by atoms with van der Waals surface area (Å²) in [5.41, 5.74) is 0.0670. The molecule has 3 heterocycles. The Hall–Kier alpha value is -1.92. The number of ether oxygens (including phenoxy) is 1. The zero-order valence-corrected chi connectivity index (χ0v) is 11.6. The van der Waals surface area contributed by atoms with Gasteiger partial charge in [0.05, 0.1) is 5.92 Å². The van der Waals surface area contributed by atoms with Crippen LogP contribution in [0.15, 0.2) is 28.8 Å². The Labute approximate surface area is 122 Å². The van der Waals surface area contributed by atoms with Gasteiger partial charge in [-0.3, -0.25) is 0 Å². The van der Waals surface area contributed by atoms with Gasteiger partial charge in [0.2, 0.25) is 0 Å². The van der Waals surface area contributed by atoms with Crippen molar-refractivity contribution in [2.45, 2.75) is 24.4 Å². The van der Waals surface area contributed by atoms with Crippen LogP contribution in [-0.4, -0.2) is 34.9 Å². The third kappa shape index (κ3) is 2.11. The van der Waals surface area contributed by atoms with Crippen LogP contribution in [0.3, 0.4) is 0 Å². The molecule has 2 aromatic rings. The van der Waals surface area contributed by atoms with Gasteiger partial charge in [0, 0.05) is 5.56 Å². The molecule has 0 spiro atoms. The Kier molecular flexibility index (Phi) is 2.94. The van der Waals surface area contributed by atoms with Crippen LogP contribution in [0.2, 0.25) is 0 Å². The molecule has 6 heteroatoms. The average molecular weight is 287 g/mol. The van der Waals surface area contributed by atoms with Gasteiger partial charge in [0.25, 0.3) is 5.89 Å². The highest BCUT2D eigenvalue weighted by Crippen LogP contribution is 2.37. The summed E-state index contributed by atoms with van der Waals surface area (Å²) in [4.78, 5) is 4.45. The first kappa shape index (κ1) is 12.8. The molecule has 0 saturated carbocycles. The molecular weight excluding hydrogens is 270 g/mol. The van der Waals surface area contributed by atoms with E-state index in [1.54, 1.807) is 0 Å². The van der Waals surface area contributed by atoms with Crippen molar-refractivity contribution >= 4 is 0 Å². The van der Waals surface area contributed by atoms with Crippen molar-refractivity contribution < 1.29 is 14.4 Å². The maximum absolute atomic E-state index is 10.6. The second-order valence-corrected chi connectivity index (χ2v) is 5.64. The normalized spacial score (nSPS) is 23.6. The fraction of sp³-hybridized carbons (Fsp3) is 0.467. The van der Waals surface area contributed by atoms with E-state index in [0.29, 0.717) is 31.2 Å². The van der Waals surface area contributed by atoms with Gasteiger partial charge in [-0.05, 0) is 32.0 Å². The van der Waals surface area contributed by atoms with E-state index in [2.05, 4.69) is 15.5 Å². The standard InChI is InChI=1S/C15H17N3O3/c19-15(5-7-16-8-6-15)14-17-13(18-21-14)11-9-20-12-4-2-1-3-10(11)12/h1-4,11,16,19H,5-9H2. The quantitative estimate of drug-likeness (QED) is 0.863. The van der Waals surface area contributed by atoms with Crippen molar-refractivity contribution in [3.63, 3.8) is 0 Å². The molecule has 1 aromatic heterocycles. The van der Waals surface area contributed by atoms with E-state index in [9.17, 15) is 5.11 Å². The summed E-state index contributed by atoms with van der Waals surface area (Å²) in [7, 11) is 0. The topological polar surface area (TPSA) is 80.4 Å². The summed E-state index contributed by atoms with van der Waals surface area (Å²) in [6.07, 6.45) is 1.18. The van der Waals surface area contributed by atoms with Gasteiger partial charge in [-0.1, -0.05) is 23.4 Å². The van der Waals surface area contributed by atoms with E-state index in [1.165, 1.54) is 0 Å². The average Bonchev–Trinajstić information content (AvgIpc) is 3.15. The number of nitrogens with zero attached hydrogens (tertiary/aromatic N) is 2. The van der Waals surface area contributed by atoms with E-state index >= 15 is 0 Å². The molecule has 2 N–H and O–H groups in total. The molecule has 1 unspecified atom stereocenters. The van der Waals surface area contributed by atoms with Crippen LogP contribution in [0.5, 0.6) is 5.75 Å². The highest BCUT2D eigenvalue weighted by Gasteiger charge is 2.38. The first-order chi connectivity index (χ1) is 10.3. The lowest BCUT2D eigenvalue weighted by Crippen LogP contribution is -2.40. The molecule has 110 valence electrons. The first-order valence-corrected chi connectivity index (χ1v) is 7.25. The van der Waals surface area contributed by atoms with Gasteiger partial charge in [-0.25, -0.2) is 0 Å². The SMILES string of the molecule is OC1(c2nc(C3COc4ccccc43)no2)CCNCC1. The van der Waals surface area contributed by atoms with Gasteiger partial charge in [0.15, 0.2) is 5.82 Å². The number of aliphatic hydroxyl groups is 1. The molecule has 0 bridgehead atoms. The van der Waals surface area contributed by atoms with E-state index < -0.39 is 5.60 Å². The van der Waals surface area contributed by atoms with Crippen LogP contribution in [0.1, 0.15) is 36.0 Å².